The third kappa shape index (κ3) is 4.49. The highest BCUT2D eigenvalue weighted by atomic mass is 15.1. The summed E-state index contributed by atoms with van der Waals surface area (Å²) >= 11 is 0. The molecule has 0 saturated heterocycles. The van der Waals surface area contributed by atoms with Gasteiger partial charge in [0.05, 0.1) is 0 Å². The van der Waals surface area contributed by atoms with E-state index in [0.717, 1.165) is 13.1 Å². The number of likely N-dealkylation sites (N-methyl/N-ethyl adjacent to an activating group) is 2. The van der Waals surface area contributed by atoms with Gasteiger partial charge >= 0.3 is 0 Å². The van der Waals surface area contributed by atoms with Crippen LogP contribution in [0.1, 0.15) is 37.4 Å². The predicted octanol–water partition coefficient (Wildman–Crippen LogP) is 2.85. The molecule has 1 atom stereocenters. The second-order valence-electron chi connectivity index (χ2n) is 4.69. The number of aryl methyl sites for hydroxylation is 1. The monoisotopic (exact) mass is 234 g/mol. The fraction of sp³-hybridized carbons (Fsp3) is 0.600. The van der Waals surface area contributed by atoms with E-state index < -0.39 is 0 Å². The van der Waals surface area contributed by atoms with Crippen molar-refractivity contribution in [2.24, 2.45) is 0 Å². The zero-order valence-electron chi connectivity index (χ0n) is 11.7. The van der Waals surface area contributed by atoms with E-state index in [1.807, 2.05) is 7.05 Å². The molecule has 0 aromatic heterocycles. The molecule has 0 fully saturated rings. The van der Waals surface area contributed by atoms with Gasteiger partial charge in [-0.3, -0.25) is 0 Å². The van der Waals surface area contributed by atoms with E-state index in [4.69, 9.17) is 0 Å². The first-order valence-corrected chi connectivity index (χ1v) is 6.65. The van der Waals surface area contributed by atoms with E-state index >= 15 is 0 Å². The van der Waals surface area contributed by atoms with E-state index in [2.05, 4.69) is 55.4 Å². The molecule has 17 heavy (non-hydrogen) atoms. The van der Waals surface area contributed by atoms with Gasteiger partial charge in [-0.05, 0) is 38.2 Å². The van der Waals surface area contributed by atoms with Gasteiger partial charge in [-0.15, -0.1) is 0 Å². The first kappa shape index (κ1) is 14.2. The first-order valence-electron chi connectivity index (χ1n) is 6.65. The minimum absolute atomic E-state index is 0.427. The average Bonchev–Trinajstić information content (AvgIpc) is 2.37. The molecule has 1 N–H and O–H groups in total. The maximum atomic E-state index is 3.39. The number of benzene rings is 1. The zero-order chi connectivity index (χ0) is 12.7. The highest BCUT2D eigenvalue weighted by Gasteiger charge is 2.10. The summed E-state index contributed by atoms with van der Waals surface area (Å²) in [5.41, 5.74) is 2.82. The van der Waals surface area contributed by atoms with E-state index in [1.54, 1.807) is 0 Å². The van der Waals surface area contributed by atoms with Crippen LogP contribution in [0.3, 0.4) is 0 Å². The van der Waals surface area contributed by atoms with Crippen molar-refractivity contribution < 1.29 is 0 Å². The van der Waals surface area contributed by atoms with Gasteiger partial charge in [-0.25, -0.2) is 0 Å². The maximum absolute atomic E-state index is 3.39. The van der Waals surface area contributed by atoms with E-state index in [9.17, 15) is 0 Å². The summed E-state index contributed by atoms with van der Waals surface area (Å²) in [4.78, 5) is 2.33. The molecule has 96 valence electrons. The van der Waals surface area contributed by atoms with Crippen LogP contribution in [0.15, 0.2) is 24.3 Å². The Labute approximate surface area is 106 Å². The molecule has 2 nitrogen and oxygen atoms in total. The lowest BCUT2D eigenvalue weighted by molar-refractivity contribution is 0.311. The molecule has 0 bridgehead atoms. The van der Waals surface area contributed by atoms with Crippen LogP contribution in [0.4, 0.5) is 0 Å². The van der Waals surface area contributed by atoms with Gasteiger partial charge in [0.15, 0.2) is 0 Å². The lowest BCUT2D eigenvalue weighted by Gasteiger charge is -2.23. The number of hydrogen-bond acceptors (Lipinski definition) is 2. The highest BCUT2D eigenvalue weighted by molar-refractivity contribution is 5.25. The molecular formula is C15H26N2. The Bertz CT molecular complexity index is 305. The van der Waals surface area contributed by atoms with Crippen molar-refractivity contribution in [3.63, 3.8) is 0 Å². The molecule has 1 aromatic carbocycles. The lowest BCUT2D eigenvalue weighted by atomic mass is 10.0. The van der Waals surface area contributed by atoms with Gasteiger partial charge in [0.2, 0.25) is 0 Å². The average molecular weight is 234 g/mol. The summed E-state index contributed by atoms with van der Waals surface area (Å²) in [5.74, 6) is 0. The zero-order valence-corrected chi connectivity index (χ0v) is 11.7. The molecule has 0 aliphatic heterocycles. The van der Waals surface area contributed by atoms with Crippen LogP contribution in [-0.4, -0.2) is 32.1 Å². The molecule has 0 amide bonds. The molecule has 1 unspecified atom stereocenters. The largest absolute Gasteiger partial charge is 0.312 e. The minimum Gasteiger partial charge on any atom is -0.312 e. The summed E-state index contributed by atoms with van der Waals surface area (Å²) in [5, 5.41) is 3.39. The normalized spacial score (nSPS) is 13.0. The molecule has 0 radical (unpaired) electrons. The van der Waals surface area contributed by atoms with E-state index in [-0.39, 0.29) is 0 Å². The Morgan fingerprint density at radius 2 is 1.82 bits per heavy atom. The fourth-order valence-corrected chi connectivity index (χ4v) is 2.01. The summed E-state index contributed by atoms with van der Waals surface area (Å²) in [7, 11) is 4.20. The number of nitrogens with one attached hydrogen (secondary N) is 1. The Hall–Kier alpha value is -0.860. The molecule has 0 saturated carbocycles. The van der Waals surface area contributed by atoms with Gasteiger partial charge in [-0.1, -0.05) is 44.5 Å². The summed E-state index contributed by atoms with van der Waals surface area (Å²) in [6.45, 7) is 6.56. The molecule has 0 aliphatic rings. The SMILES string of the molecule is CCCc1ccc(C(CN(C)CC)NC)cc1. The van der Waals surface area contributed by atoms with Gasteiger partial charge in [-0.2, -0.15) is 0 Å². The van der Waals surface area contributed by atoms with Gasteiger partial charge in [0, 0.05) is 12.6 Å². The van der Waals surface area contributed by atoms with Crippen molar-refractivity contribution in [3.8, 4) is 0 Å². The Kier molecular flexibility index (Phi) is 6.23. The third-order valence-corrected chi connectivity index (χ3v) is 3.30. The molecule has 0 spiro atoms. The van der Waals surface area contributed by atoms with Crippen molar-refractivity contribution >= 4 is 0 Å². The van der Waals surface area contributed by atoms with Gasteiger partial charge < -0.3 is 10.2 Å². The van der Waals surface area contributed by atoms with Crippen LogP contribution in [0.5, 0.6) is 0 Å². The Balaban J connectivity index is 2.68. The van der Waals surface area contributed by atoms with Crippen molar-refractivity contribution in [2.45, 2.75) is 32.7 Å². The third-order valence-electron chi connectivity index (χ3n) is 3.30. The lowest BCUT2D eigenvalue weighted by Crippen LogP contribution is -2.31. The van der Waals surface area contributed by atoms with E-state index in [0.29, 0.717) is 6.04 Å². The van der Waals surface area contributed by atoms with Crippen LogP contribution in [0.2, 0.25) is 0 Å². The fourth-order valence-electron chi connectivity index (χ4n) is 2.01. The second kappa shape index (κ2) is 7.46. The number of rotatable bonds is 7. The Morgan fingerprint density at radius 1 is 1.18 bits per heavy atom. The summed E-state index contributed by atoms with van der Waals surface area (Å²) in [6.07, 6.45) is 2.40. The van der Waals surface area contributed by atoms with Crippen molar-refractivity contribution in [2.75, 3.05) is 27.2 Å². The minimum atomic E-state index is 0.427. The summed E-state index contributed by atoms with van der Waals surface area (Å²) in [6, 6.07) is 9.46. The van der Waals surface area contributed by atoms with Crippen molar-refractivity contribution in [3.05, 3.63) is 35.4 Å². The molecule has 1 aromatic rings. The topological polar surface area (TPSA) is 15.3 Å². The van der Waals surface area contributed by atoms with Crippen LogP contribution >= 0.6 is 0 Å². The second-order valence-corrected chi connectivity index (χ2v) is 4.69. The van der Waals surface area contributed by atoms with Crippen LogP contribution in [-0.2, 0) is 6.42 Å². The quantitative estimate of drug-likeness (QED) is 0.780. The highest BCUT2D eigenvalue weighted by Crippen LogP contribution is 2.15. The molecule has 0 heterocycles. The number of nitrogens with zero attached hydrogens (tertiary/aromatic N) is 1. The first-order chi connectivity index (χ1) is 8.21. The van der Waals surface area contributed by atoms with Gasteiger partial charge in [0.1, 0.15) is 0 Å². The predicted molar refractivity (Wildman–Crippen MR) is 75.4 cm³/mol. The van der Waals surface area contributed by atoms with E-state index in [1.165, 1.54) is 24.0 Å². The Morgan fingerprint density at radius 3 is 2.29 bits per heavy atom. The van der Waals surface area contributed by atoms with Crippen molar-refractivity contribution in [1.82, 2.24) is 10.2 Å². The maximum Gasteiger partial charge on any atom is 0.0446 e. The smallest absolute Gasteiger partial charge is 0.0446 e. The number of hydrogen-bond donors (Lipinski definition) is 1. The van der Waals surface area contributed by atoms with Crippen LogP contribution < -0.4 is 5.32 Å². The van der Waals surface area contributed by atoms with Crippen LogP contribution in [0, 0.1) is 0 Å². The van der Waals surface area contributed by atoms with Crippen molar-refractivity contribution in [1.29, 1.82) is 0 Å². The van der Waals surface area contributed by atoms with Crippen LogP contribution in [0.25, 0.3) is 0 Å². The molecule has 2 heteroatoms. The molecule has 1 rings (SSSR count). The molecular weight excluding hydrogens is 208 g/mol. The van der Waals surface area contributed by atoms with Gasteiger partial charge in [0.25, 0.3) is 0 Å². The summed E-state index contributed by atoms with van der Waals surface area (Å²) < 4.78 is 0. The molecule has 0 aliphatic carbocycles. The standard InChI is InChI=1S/C15H26N2/c1-5-7-13-8-10-14(11-9-13)15(16-3)12-17(4)6-2/h8-11,15-16H,5-7,12H2,1-4H3.